The molecule has 9 nitrogen and oxygen atoms in total. The first-order valence-corrected chi connectivity index (χ1v) is 12.8. The lowest BCUT2D eigenvalue weighted by Crippen LogP contribution is -2.43. The van der Waals surface area contributed by atoms with Gasteiger partial charge in [-0.25, -0.2) is 4.98 Å². The molecule has 1 aromatic carbocycles. The fourth-order valence-electron chi connectivity index (χ4n) is 4.99. The topological polar surface area (TPSA) is 87.5 Å². The normalized spacial score (nSPS) is 16.8. The zero-order chi connectivity index (χ0) is 24.2. The Morgan fingerprint density at radius 2 is 1.80 bits per heavy atom. The number of carbonyl (C=O) groups excluding carboxylic acids is 1. The third-order valence-electron chi connectivity index (χ3n) is 7.01. The van der Waals surface area contributed by atoms with Crippen LogP contribution in [0.1, 0.15) is 43.2 Å². The Morgan fingerprint density at radius 1 is 1.09 bits per heavy atom. The lowest BCUT2D eigenvalue weighted by atomic mass is 10.1. The molecule has 2 aliphatic heterocycles. The van der Waals surface area contributed by atoms with Crippen molar-refractivity contribution in [1.82, 2.24) is 24.8 Å². The van der Waals surface area contributed by atoms with Crippen LogP contribution < -0.4 is 15.5 Å². The smallest absolute Gasteiger partial charge is 0.270 e. The molecule has 0 aliphatic carbocycles. The van der Waals surface area contributed by atoms with E-state index in [4.69, 9.17) is 9.72 Å². The molecule has 2 fully saturated rings. The predicted molar refractivity (Wildman–Crippen MR) is 139 cm³/mol. The van der Waals surface area contributed by atoms with E-state index in [1.54, 1.807) is 0 Å². The SMILES string of the molecule is CCC(CC)n1c(C(=O)N2CCOCC2)cc2cnc(Nc3ccc(N4CCNCC4)cc3)nc21. The van der Waals surface area contributed by atoms with E-state index in [1.807, 2.05) is 17.2 Å². The maximum Gasteiger partial charge on any atom is 0.270 e. The minimum Gasteiger partial charge on any atom is -0.378 e. The first-order chi connectivity index (χ1) is 17.2. The standard InChI is InChI=1S/C26H35N7O2/c1-3-21(4-2)33-23(25(34)32-13-15-35-16-14-32)17-19-18-28-26(30-24(19)33)29-20-5-7-22(8-6-20)31-11-9-27-10-12-31/h5-8,17-18,21,27H,3-4,9-16H2,1-2H3,(H,28,29,30). The van der Waals surface area contributed by atoms with Gasteiger partial charge in [-0.3, -0.25) is 4.79 Å². The maximum atomic E-state index is 13.4. The molecule has 2 saturated heterocycles. The Kier molecular flexibility index (Phi) is 7.15. The Balaban J connectivity index is 1.43. The Bertz CT molecular complexity index is 1140. The number of fused-ring (bicyclic) bond motifs is 1. The number of amides is 1. The average molecular weight is 478 g/mol. The average Bonchev–Trinajstić information content (AvgIpc) is 3.29. The molecule has 186 valence electrons. The van der Waals surface area contributed by atoms with Crippen molar-refractivity contribution in [2.45, 2.75) is 32.7 Å². The number of anilines is 3. The summed E-state index contributed by atoms with van der Waals surface area (Å²) in [7, 11) is 0. The Hall–Kier alpha value is -3.17. The zero-order valence-electron chi connectivity index (χ0n) is 20.7. The van der Waals surface area contributed by atoms with E-state index in [2.05, 4.69) is 63.2 Å². The second-order valence-corrected chi connectivity index (χ2v) is 9.16. The highest BCUT2D eigenvalue weighted by Crippen LogP contribution is 2.29. The molecule has 0 saturated carbocycles. The highest BCUT2D eigenvalue weighted by Gasteiger charge is 2.26. The van der Waals surface area contributed by atoms with E-state index in [0.717, 1.165) is 55.7 Å². The van der Waals surface area contributed by atoms with E-state index in [9.17, 15) is 4.79 Å². The summed E-state index contributed by atoms with van der Waals surface area (Å²) in [6.07, 6.45) is 3.66. The van der Waals surface area contributed by atoms with E-state index in [1.165, 1.54) is 5.69 Å². The van der Waals surface area contributed by atoms with Crippen molar-refractivity contribution in [2.75, 3.05) is 62.7 Å². The lowest BCUT2D eigenvalue weighted by Gasteiger charge is -2.29. The molecule has 0 atom stereocenters. The van der Waals surface area contributed by atoms with Crippen LogP contribution in [0.15, 0.2) is 36.5 Å². The molecule has 0 bridgehead atoms. The van der Waals surface area contributed by atoms with Crippen molar-refractivity contribution in [3.63, 3.8) is 0 Å². The van der Waals surface area contributed by atoms with Crippen molar-refractivity contribution in [2.24, 2.45) is 0 Å². The molecule has 3 aromatic rings. The largest absolute Gasteiger partial charge is 0.378 e. The quantitative estimate of drug-likeness (QED) is 0.539. The summed E-state index contributed by atoms with van der Waals surface area (Å²) in [4.78, 5) is 27.1. The van der Waals surface area contributed by atoms with Gasteiger partial charge >= 0.3 is 0 Å². The van der Waals surface area contributed by atoms with E-state index < -0.39 is 0 Å². The molecular weight excluding hydrogens is 442 g/mol. The summed E-state index contributed by atoms with van der Waals surface area (Å²) in [6.45, 7) is 10.8. The number of ether oxygens (including phenoxy) is 1. The Labute approximate surface area is 206 Å². The molecular formula is C26H35N7O2. The lowest BCUT2D eigenvalue weighted by molar-refractivity contribution is 0.0294. The molecule has 2 aromatic heterocycles. The van der Waals surface area contributed by atoms with Crippen LogP contribution in [0, 0.1) is 0 Å². The van der Waals surface area contributed by atoms with Crippen molar-refractivity contribution < 1.29 is 9.53 Å². The van der Waals surface area contributed by atoms with Gasteiger partial charge in [0, 0.05) is 68.3 Å². The second-order valence-electron chi connectivity index (χ2n) is 9.16. The summed E-state index contributed by atoms with van der Waals surface area (Å²) in [5.41, 5.74) is 3.64. The van der Waals surface area contributed by atoms with Crippen LogP contribution in [0.4, 0.5) is 17.3 Å². The molecule has 4 heterocycles. The molecule has 35 heavy (non-hydrogen) atoms. The van der Waals surface area contributed by atoms with Crippen molar-refractivity contribution in [1.29, 1.82) is 0 Å². The van der Waals surface area contributed by atoms with Crippen LogP contribution in [0.3, 0.4) is 0 Å². The number of carbonyl (C=O) groups is 1. The van der Waals surface area contributed by atoms with Gasteiger partial charge < -0.3 is 29.7 Å². The Morgan fingerprint density at radius 3 is 2.49 bits per heavy atom. The zero-order valence-corrected chi connectivity index (χ0v) is 20.7. The van der Waals surface area contributed by atoms with Gasteiger partial charge in [-0.2, -0.15) is 4.98 Å². The first-order valence-electron chi connectivity index (χ1n) is 12.8. The summed E-state index contributed by atoms with van der Waals surface area (Å²) >= 11 is 0. The second kappa shape index (κ2) is 10.6. The third-order valence-corrected chi connectivity index (χ3v) is 7.01. The number of hydrogen-bond donors (Lipinski definition) is 2. The van der Waals surface area contributed by atoms with E-state index in [-0.39, 0.29) is 11.9 Å². The predicted octanol–water partition coefficient (Wildman–Crippen LogP) is 3.42. The highest BCUT2D eigenvalue weighted by molar-refractivity contribution is 5.98. The van der Waals surface area contributed by atoms with Gasteiger partial charge in [0.1, 0.15) is 11.3 Å². The number of nitrogens with zero attached hydrogens (tertiary/aromatic N) is 5. The van der Waals surface area contributed by atoms with Crippen LogP contribution in [0.25, 0.3) is 11.0 Å². The van der Waals surface area contributed by atoms with Gasteiger partial charge in [0.05, 0.1) is 13.2 Å². The number of morpholine rings is 1. The maximum absolute atomic E-state index is 13.4. The van der Waals surface area contributed by atoms with Gasteiger partial charge in [0.2, 0.25) is 5.95 Å². The number of hydrogen-bond acceptors (Lipinski definition) is 7. The van der Waals surface area contributed by atoms with Gasteiger partial charge in [-0.15, -0.1) is 0 Å². The monoisotopic (exact) mass is 477 g/mol. The molecule has 9 heteroatoms. The number of benzene rings is 1. The summed E-state index contributed by atoms with van der Waals surface area (Å²) in [6, 6.07) is 10.5. The van der Waals surface area contributed by atoms with Crippen molar-refractivity contribution in [3.05, 3.63) is 42.2 Å². The van der Waals surface area contributed by atoms with E-state index in [0.29, 0.717) is 37.9 Å². The summed E-state index contributed by atoms with van der Waals surface area (Å²) in [5, 5.41) is 7.62. The number of rotatable bonds is 7. The molecule has 5 rings (SSSR count). The molecule has 0 unspecified atom stereocenters. The van der Waals surface area contributed by atoms with Crippen LogP contribution in [-0.2, 0) is 4.74 Å². The van der Waals surface area contributed by atoms with Crippen molar-refractivity contribution in [3.8, 4) is 0 Å². The third kappa shape index (κ3) is 4.97. The van der Waals surface area contributed by atoms with Crippen LogP contribution in [0.2, 0.25) is 0 Å². The number of aromatic nitrogens is 3. The van der Waals surface area contributed by atoms with Gasteiger partial charge in [0.15, 0.2) is 0 Å². The highest BCUT2D eigenvalue weighted by atomic mass is 16.5. The fraction of sp³-hybridized carbons (Fsp3) is 0.500. The minimum atomic E-state index is 0.0382. The summed E-state index contributed by atoms with van der Waals surface area (Å²) in [5.74, 6) is 0.569. The molecule has 0 spiro atoms. The first kappa shape index (κ1) is 23.6. The van der Waals surface area contributed by atoms with Crippen molar-refractivity contribution >= 4 is 34.3 Å². The molecule has 0 radical (unpaired) electrons. The van der Waals surface area contributed by atoms with Crippen LogP contribution in [-0.4, -0.2) is 77.8 Å². The molecule has 1 amide bonds. The van der Waals surface area contributed by atoms with Crippen LogP contribution >= 0.6 is 0 Å². The minimum absolute atomic E-state index is 0.0382. The fourth-order valence-corrected chi connectivity index (χ4v) is 4.99. The summed E-state index contributed by atoms with van der Waals surface area (Å²) < 4.78 is 7.56. The number of nitrogens with one attached hydrogen (secondary N) is 2. The van der Waals surface area contributed by atoms with Crippen LogP contribution in [0.5, 0.6) is 0 Å². The molecule has 2 N–H and O–H groups in total. The van der Waals surface area contributed by atoms with Gasteiger partial charge in [-0.05, 0) is 43.2 Å². The van der Waals surface area contributed by atoms with Gasteiger partial charge in [-0.1, -0.05) is 13.8 Å². The number of piperazine rings is 1. The van der Waals surface area contributed by atoms with E-state index >= 15 is 0 Å². The van der Waals surface area contributed by atoms with Gasteiger partial charge in [0.25, 0.3) is 5.91 Å². The molecule has 2 aliphatic rings.